The van der Waals surface area contributed by atoms with Gasteiger partial charge >= 0.3 is 12.1 Å². The van der Waals surface area contributed by atoms with Crippen LogP contribution >= 0.6 is 0 Å². The van der Waals surface area contributed by atoms with E-state index in [1.807, 2.05) is 6.92 Å². The van der Waals surface area contributed by atoms with E-state index >= 15 is 0 Å². The molecule has 0 spiro atoms. The van der Waals surface area contributed by atoms with Crippen molar-refractivity contribution in [3.8, 4) is 5.88 Å². The van der Waals surface area contributed by atoms with Crippen LogP contribution in [0.3, 0.4) is 0 Å². The maximum atomic E-state index is 12.3. The zero-order chi connectivity index (χ0) is 24.2. The Bertz CT molecular complexity index is 807. The van der Waals surface area contributed by atoms with E-state index in [9.17, 15) is 14.4 Å². The first-order chi connectivity index (χ1) is 15.8. The predicted molar refractivity (Wildman–Crippen MR) is 116 cm³/mol. The number of nitrogens with zero attached hydrogens (tertiary/aromatic N) is 2. The summed E-state index contributed by atoms with van der Waals surface area (Å²) < 4.78 is 20.2. The lowest BCUT2D eigenvalue weighted by atomic mass is 9.98. The molecule has 2 amide bonds. The molecule has 0 aliphatic carbocycles. The topological polar surface area (TPSA) is 182 Å². The van der Waals surface area contributed by atoms with E-state index in [1.54, 1.807) is 4.90 Å². The largest absolute Gasteiger partial charge is 0.475 e. The summed E-state index contributed by atoms with van der Waals surface area (Å²) in [6, 6.07) is 0.215. The van der Waals surface area contributed by atoms with Crippen LogP contribution in [0.4, 0.5) is 4.79 Å². The number of amides is 2. The number of aromatic nitrogens is 1. The lowest BCUT2D eigenvalue weighted by molar-refractivity contribution is -0.142. The number of nitrogens with one attached hydrogen (secondary N) is 3. The van der Waals surface area contributed by atoms with Gasteiger partial charge in [-0.25, -0.2) is 9.59 Å². The third-order valence-electron chi connectivity index (χ3n) is 5.11. The molecule has 33 heavy (non-hydrogen) atoms. The average Bonchev–Trinajstić information content (AvgIpc) is 3.29. The molecule has 13 nitrogen and oxygen atoms in total. The van der Waals surface area contributed by atoms with E-state index in [2.05, 4.69) is 20.5 Å². The Morgan fingerprint density at radius 3 is 2.73 bits per heavy atom. The average molecular weight is 469 g/mol. The fourth-order valence-electron chi connectivity index (χ4n) is 3.09. The molecule has 5 N–H and O–H groups in total. The van der Waals surface area contributed by atoms with E-state index in [0.717, 1.165) is 19.3 Å². The number of carbonyl (C=O) groups excluding carboxylic acids is 3. The summed E-state index contributed by atoms with van der Waals surface area (Å²) in [6.45, 7) is 3.72. The Labute approximate surface area is 191 Å². The standard InChI is InChI=1S/C20H32N6O7/c1-3-4-9-31-20(29)24-14(18(28)30-2)11-23-17(27)15-10-16(25-33-15)32-12-13-5-7-26(8-6-13)19(21)22/h10,13-14H,3-9,11-12H2,1-2H3,(H3,21,22)(H,23,27)(H,24,29)/t14-/m0/s1. The molecule has 1 atom stereocenters. The number of likely N-dealkylation sites (tertiary alicyclic amines) is 1. The first kappa shape index (κ1) is 25.7. The van der Waals surface area contributed by atoms with Crippen LogP contribution in [0.15, 0.2) is 10.6 Å². The highest BCUT2D eigenvalue weighted by molar-refractivity contribution is 5.92. The molecule has 0 unspecified atom stereocenters. The SMILES string of the molecule is CCCCOC(=O)N[C@@H](CNC(=O)c1cc(OCC2CCN(C(=N)N)CC2)no1)C(=O)OC. The van der Waals surface area contributed by atoms with Crippen molar-refractivity contribution in [3.05, 3.63) is 11.8 Å². The maximum Gasteiger partial charge on any atom is 0.407 e. The van der Waals surface area contributed by atoms with Crippen molar-refractivity contribution < 1.29 is 33.1 Å². The molecule has 1 aliphatic rings. The van der Waals surface area contributed by atoms with Gasteiger partial charge in [0.15, 0.2) is 5.96 Å². The molecule has 1 aliphatic heterocycles. The molecular weight excluding hydrogens is 436 g/mol. The minimum absolute atomic E-state index is 0.0690. The van der Waals surface area contributed by atoms with E-state index in [-0.39, 0.29) is 36.7 Å². The van der Waals surface area contributed by atoms with Gasteiger partial charge in [0.05, 0.1) is 26.4 Å². The van der Waals surface area contributed by atoms with Crippen LogP contribution in [0.5, 0.6) is 5.88 Å². The van der Waals surface area contributed by atoms with Gasteiger partial charge in [0.1, 0.15) is 6.04 Å². The summed E-state index contributed by atoms with van der Waals surface area (Å²) in [5.74, 6) is -0.970. The van der Waals surface area contributed by atoms with Crippen molar-refractivity contribution in [3.63, 3.8) is 0 Å². The molecule has 1 fully saturated rings. The Morgan fingerprint density at radius 2 is 2.09 bits per heavy atom. The monoisotopic (exact) mass is 468 g/mol. The number of carbonyl (C=O) groups is 3. The third kappa shape index (κ3) is 8.50. The fourth-order valence-corrected chi connectivity index (χ4v) is 3.09. The van der Waals surface area contributed by atoms with Gasteiger partial charge in [0.25, 0.3) is 11.8 Å². The van der Waals surface area contributed by atoms with E-state index in [0.29, 0.717) is 26.1 Å². The van der Waals surface area contributed by atoms with Crippen LogP contribution in [0.1, 0.15) is 43.2 Å². The Morgan fingerprint density at radius 1 is 1.36 bits per heavy atom. The number of hydrogen-bond donors (Lipinski definition) is 4. The third-order valence-corrected chi connectivity index (χ3v) is 5.11. The second kappa shape index (κ2) is 13.1. The van der Waals surface area contributed by atoms with Gasteiger partial charge in [-0.15, -0.1) is 0 Å². The Hall–Kier alpha value is -3.51. The van der Waals surface area contributed by atoms with Crippen molar-refractivity contribution in [2.45, 2.75) is 38.6 Å². The number of esters is 1. The number of methoxy groups -OCH3 is 1. The number of unbranched alkanes of at least 4 members (excludes halogenated alkanes) is 1. The van der Waals surface area contributed by atoms with Crippen molar-refractivity contribution in [1.82, 2.24) is 20.7 Å². The number of hydrogen-bond acceptors (Lipinski definition) is 9. The zero-order valence-electron chi connectivity index (χ0n) is 18.9. The number of guanidine groups is 1. The van der Waals surface area contributed by atoms with Crippen LogP contribution in [-0.4, -0.2) is 80.0 Å². The Balaban J connectivity index is 1.79. The van der Waals surface area contributed by atoms with Gasteiger partial charge in [-0.2, -0.15) is 0 Å². The summed E-state index contributed by atoms with van der Waals surface area (Å²) in [5.41, 5.74) is 5.49. The number of rotatable bonds is 11. The highest BCUT2D eigenvalue weighted by atomic mass is 16.6. The van der Waals surface area contributed by atoms with Gasteiger partial charge in [0, 0.05) is 19.6 Å². The smallest absolute Gasteiger partial charge is 0.407 e. The van der Waals surface area contributed by atoms with Crippen molar-refractivity contribution in [1.29, 1.82) is 5.41 Å². The van der Waals surface area contributed by atoms with Gasteiger partial charge < -0.3 is 40.0 Å². The highest BCUT2D eigenvalue weighted by Gasteiger charge is 2.25. The summed E-state index contributed by atoms with van der Waals surface area (Å²) in [7, 11) is 1.17. The normalized spacial score (nSPS) is 14.8. The lowest BCUT2D eigenvalue weighted by Crippen LogP contribution is -2.49. The quantitative estimate of drug-likeness (QED) is 0.154. The van der Waals surface area contributed by atoms with E-state index in [1.165, 1.54) is 13.2 Å². The van der Waals surface area contributed by atoms with Crippen LogP contribution in [0.25, 0.3) is 0 Å². The molecule has 0 aromatic carbocycles. The summed E-state index contributed by atoms with van der Waals surface area (Å²) in [5, 5.41) is 16.0. The van der Waals surface area contributed by atoms with E-state index < -0.39 is 24.0 Å². The first-order valence-electron chi connectivity index (χ1n) is 10.8. The number of ether oxygens (including phenoxy) is 3. The maximum absolute atomic E-state index is 12.3. The molecular formula is C20H32N6O7. The molecule has 13 heteroatoms. The van der Waals surface area contributed by atoms with Crippen LogP contribution in [0.2, 0.25) is 0 Å². The molecule has 1 saturated heterocycles. The van der Waals surface area contributed by atoms with Crippen LogP contribution < -0.4 is 21.1 Å². The molecule has 1 aromatic rings. The fraction of sp³-hybridized carbons (Fsp3) is 0.650. The van der Waals surface area contributed by atoms with E-state index in [4.69, 9.17) is 25.1 Å². The molecule has 0 saturated carbocycles. The van der Waals surface area contributed by atoms with Gasteiger partial charge in [-0.3, -0.25) is 10.2 Å². The zero-order valence-corrected chi connectivity index (χ0v) is 18.9. The second-order valence-electron chi connectivity index (χ2n) is 7.58. The summed E-state index contributed by atoms with van der Waals surface area (Å²) in [6.07, 6.45) is 2.42. The number of nitrogens with two attached hydrogens (primary N) is 1. The van der Waals surface area contributed by atoms with Gasteiger partial charge in [-0.05, 0) is 30.3 Å². The van der Waals surface area contributed by atoms with Gasteiger partial charge in [0.2, 0.25) is 5.76 Å². The molecule has 2 heterocycles. The molecule has 0 radical (unpaired) electrons. The Kier molecular flexibility index (Phi) is 10.2. The first-order valence-corrected chi connectivity index (χ1v) is 10.8. The minimum atomic E-state index is -1.13. The van der Waals surface area contributed by atoms with Crippen LogP contribution in [0, 0.1) is 11.3 Å². The van der Waals surface area contributed by atoms with Crippen molar-refractivity contribution in [2.24, 2.45) is 11.7 Å². The summed E-state index contributed by atoms with van der Waals surface area (Å²) >= 11 is 0. The second-order valence-corrected chi connectivity index (χ2v) is 7.58. The van der Waals surface area contributed by atoms with Gasteiger partial charge in [-0.1, -0.05) is 13.3 Å². The van der Waals surface area contributed by atoms with Crippen molar-refractivity contribution >= 4 is 23.9 Å². The predicted octanol–water partition coefficient (Wildman–Crippen LogP) is 0.457. The molecule has 1 aromatic heterocycles. The summed E-state index contributed by atoms with van der Waals surface area (Å²) in [4.78, 5) is 37.8. The molecule has 184 valence electrons. The lowest BCUT2D eigenvalue weighted by Gasteiger charge is -2.31. The van der Waals surface area contributed by atoms with Crippen molar-refractivity contribution in [2.75, 3.05) is 40.0 Å². The molecule has 2 rings (SSSR count). The number of alkyl carbamates (subject to hydrolysis) is 1. The number of piperidine rings is 1. The molecule has 0 bridgehead atoms. The minimum Gasteiger partial charge on any atom is -0.475 e. The highest BCUT2D eigenvalue weighted by Crippen LogP contribution is 2.19. The van der Waals surface area contributed by atoms with Crippen LogP contribution in [-0.2, 0) is 14.3 Å².